The third-order valence-corrected chi connectivity index (χ3v) is 6.56. The molecule has 1 aliphatic heterocycles. The Morgan fingerprint density at radius 3 is 2.64 bits per heavy atom. The molecule has 0 spiro atoms. The van der Waals surface area contributed by atoms with E-state index in [1.54, 1.807) is 24.3 Å². The summed E-state index contributed by atoms with van der Waals surface area (Å²) in [6.07, 6.45) is 4.58. The second-order valence-corrected chi connectivity index (χ2v) is 8.75. The van der Waals surface area contributed by atoms with Crippen LogP contribution in [0.1, 0.15) is 39.0 Å². The zero-order chi connectivity index (χ0) is 19.7. The molecule has 0 bridgehead atoms. The number of nitrogens with two attached hydrogens (primary N) is 1. The van der Waals surface area contributed by atoms with Gasteiger partial charge in [-0.25, -0.2) is 8.42 Å². The summed E-state index contributed by atoms with van der Waals surface area (Å²) in [5, 5.41) is 2.75. The number of hydrogen-bond donors (Lipinski definition) is 2. The van der Waals surface area contributed by atoms with Crippen molar-refractivity contribution in [1.29, 1.82) is 0 Å². The summed E-state index contributed by atoms with van der Waals surface area (Å²) in [5.41, 5.74) is 5.41. The lowest BCUT2D eigenvalue weighted by Crippen LogP contribution is -2.46. The molecule has 0 radical (unpaired) electrons. The molecule has 0 saturated carbocycles. The van der Waals surface area contributed by atoms with Crippen molar-refractivity contribution < 1.29 is 17.9 Å². The minimum absolute atomic E-state index is 0. The molecule has 2 rings (SSSR count). The second kappa shape index (κ2) is 12.3. The van der Waals surface area contributed by atoms with Gasteiger partial charge in [-0.1, -0.05) is 19.8 Å². The van der Waals surface area contributed by atoms with Crippen LogP contribution in [0.25, 0.3) is 0 Å². The number of ether oxygens (including phenoxy) is 1. The van der Waals surface area contributed by atoms with Crippen LogP contribution in [0.5, 0.6) is 5.75 Å². The predicted molar refractivity (Wildman–Crippen MR) is 112 cm³/mol. The molecule has 160 valence electrons. The molecular weight excluding hydrogens is 402 g/mol. The van der Waals surface area contributed by atoms with E-state index in [4.69, 9.17) is 10.5 Å². The standard InChI is InChI=1S/C19H31N3O4S.ClH/c1-2-3-4-14-26-17-7-9-18(10-8-17)27(24,25)22-13-5-6-16(15-22)19(23)21-12-11-20;/h7-10,16H,2-6,11-15,20H2,1H3,(H,21,23);1H. The first-order chi connectivity index (χ1) is 13.0. The van der Waals surface area contributed by atoms with Gasteiger partial charge in [0.15, 0.2) is 0 Å². The van der Waals surface area contributed by atoms with E-state index in [0.29, 0.717) is 44.8 Å². The zero-order valence-electron chi connectivity index (χ0n) is 16.4. The fourth-order valence-electron chi connectivity index (χ4n) is 3.11. The van der Waals surface area contributed by atoms with Gasteiger partial charge in [0.25, 0.3) is 0 Å². The van der Waals surface area contributed by atoms with E-state index in [0.717, 1.165) is 19.3 Å². The minimum Gasteiger partial charge on any atom is -0.494 e. The summed E-state index contributed by atoms with van der Waals surface area (Å²) in [6, 6.07) is 6.52. The first-order valence-corrected chi connectivity index (χ1v) is 11.1. The van der Waals surface area contributed by atoms with Crippen molar-refractivity contribution in [1.82, 2.24) is 9.62 Å². The molecule has 0 aromatic heterocycles. The van der Waals surface area contributed by atoms with Gasteiger partial charge in [-0.05, 0) is 43.5 Å². The number of hydrogen-bond acceptors (Lipinski definition) is 5. The summed E-state index contributed by atoms with van der Waals surface area (Å²) in [7, 11) is -3.62. The number of amides is 1. The Morgan fingerprint density at radius 1 is 1.29 bits per heavy atom. The number of carbonyl (C=O) groups excluding carboxylic acids is 1. The summed E-state index contributed by atoms with van der Waals surface area (Å²) in [5.74, 6) is 0.208. The molecule has 1 heterocycles. The van der Waals surface area contributed by atoms with Crippen molar-refractivity contribution >= 4 is 28.3 Å². The molecule has 1 aromatic rings. The number of nitrogens with zero attached hydrogens (tertiary/aromatic N) is 1. The van der Waals surface area contributed by atoms with Crippen LogP contribution in [-0.2, 0) is 14.8 Å². The molecule has 1 amide bonds. The first-order valence-electron chi connectivity index (χ1n) is 9.69. The average molecular weight is 434 g/mol. The summed E-state index contributed by atoms with van der Waals surface area (Å²) >= 11 is 0. The van der Waals surface area contributed by atoms with Gasteiger partial charge in [-0.2, -0.15) is 4.31 Å². The van der Waals surface area contributed by atoms with E-state index < -0.39 is 10.0 Å². The number of sulfonamides is 1. The van der Waals surface area contributed by atoms with E-state index in [9.17, 15) is 13.2 Å². The number of piperidine rings is 1. The maximum Gasteiger partial charge on any atom is 0.243 e. The Balaban J connectivity index is 0.00000392. The maximum absolute atomic E-state index is 12.9. The predicted octanol–water partition coefficient (Wildman–Crippen LogP) is 2.15. The number of halogens is 1. The van der Waals surface area contributed by atoms with Gasteiger partial charge in [0.2, 0.25) is 15.9 Å². The van der Waals surface area contributed by atoms with Crippen molar-refractivity contribution in [2.45, 2.75) is 43.9 Å². The molecule has 1 unspecified atom stereocenters. The van der Waals surface area contributed by atoms with Gasteiger partial charge in [0.1, 0.15) is 5.75 Å². The summed E-state index contributed by atoms with van der Waals surface area (Å²) in [4.78, 5) is 12.4. The van der Waals surface area contributed by atoms with Gasteiger partial charge in [0.05, 0.1) is 17.4 Å². The molecule has 7 nitrogen and oxygen atoms in total. The highest BCUT2D eigenvalue weighted by Crippen LogP contribution is 2.25. The highest BCUT2D eigenvalue weighted by atomic mass is 35.5. The highest BCUT2D eigenvalue weighted by Gasteiger charge is 2.33. The van der Waals surface area contributed by atoms with E-state index in [-0.39, 0.29) is 35.7 Å². The Bertz CT molecular complexity index is 698. The molecule has 1 fully saturated rings. The fraction of sp³-hybridized carbons (Fsp3) is 0.632. The van der Waals surface area contributed by atoms with Gasteiger partial charge < -0.3 is 15.8 Å². The molecule has 1 aliphatic rings. The normalized spacial score (nSPS) is 17.6. The number of unbranched alkanes of at least 4 members (excludes halogenated alkanes) is 2. The lowest BCUT2D eigenvalue weighted by Gasteiger charge is -2.31. The van der Waals surface area contributed by atoms with Crippen LogP contribution in [0.2, 0.25) is 0 Å². The Hall–Kier alpha value is -1.35. The van der Waals surface area contributed by atoms with Crippen molar-refractivity contribution in [2.24, 2.45) is 11.7 Å². The first kappa shape index (κ1) is 24.7. The topological polar surface area (TPSA) is 102 Å². The zero-order valence-corrected chi connectivity index (χ0v) is 18.1. The van der Waals surface area contributed by atoms with E-state index in [1.165, 1.54) is 4.31 Å². The van der Waals surface area contributed by atoms with Crippen LogP contribution in [0.4, 0.5) is 0 Å². The number of nitrogens with one attached hydrogen (secondary N) is 1. The highest BCUT2D eigenvalue weighted by molar-refractivity contribution is 7.89. The number of benzene rings is 1. The third-order valence-electron chi connectivity index (χ3n) is 4.68. The van der Waals surface area contributed by atoms with E-state index in [1.807, 2.05) is 0 Å². The average Bonchev–Trinajstić information content (AvgIpc) is 2.70. The van der Waals surface area contributed by atoms with Crippen molar-refractivity contribution in [2.75, 3.05) is 32.8 Å². The van der Waals surface area contributed by atoms with Gasteiger partial charge in [-0.3, -0.25) is 4.79 Å². The smallest absolute Gasteiger partial charge is 0.243 e. The van der Waals surface area contributed by atoms with Crippen LogP contribution in [0, 0.1) is 5.92 Å². The minimum atomic E-state index is -3.62. The summed E-state index contributed by atoms with van der Waals surface area (Å²) in [6.45, 7) is 4.17. The Labute approximate surface area is 174 Å². The largest absolute Gasteiger partial charge is 0.494 e. The lowest BCUT2D eigenvalue weighted by atomic mass is 9.99. The summed E-state index contributed by atoms with van der Waals surface area (Å²) < 4.78 is 32.9. The SMILES string of the molecule is CCCCCOc1ccc(S(=O)(=O)N2CCCC(C(=O)NCCN)C2)cc1.Cl. The van der Waals surface area contributed by atoms with Gasteiger partial charge in [-0.15, -0.1) is 12.4 Å². The number of rotatable bonds is 10. The van der Waals surface area contributed by atoms with Crippen molar-refractivity contribution in [3.8, 4) is 5.75 Å². The quantitative estimate of drug-likeness (QED) is 0.550. The molecule has 0 aliphatic carbocycles. The van der Waals surface area contributed by atoms with Crippen LogP contribution in [0.3, 0.4) is 0 Å². The third kappa shape index (κ3) is 6.92. The van der Waals surface area contributed by atoms with Crippen LogP contribution >= 0.6 is 12.4 Å². The lowest BCUT2D eigenvalue weighted by molar-refractivity contribution is -0.126. The van der Waals surface area contributed by atoms with Crippen molar-refractivity contribution in [3.63, 3.8) is 0 Å². The molecule has 1 atom stereocenters. The fourth-order valence-corrected chi connectivity index (χ4v) is 4.64. The molecular formula is C19H32ClN3O4S. The van der Waals surface area contributed by atoms with Crippen LogP contribution in [-0.4, -0.2) is 51.4 Å². The second-order valence-electron chi connectivity index (χ2n) is 6.81. The van der Waals surface area contributed by atoms with Crippen LogP contribution < -0.4 is 15.8 Å². The van der Waals surface area contributed by atoms with Gasteiger partial charge >= 0.3 is 0 Å². The molecule has 28 heavy (non-hydrogen) atoms. The van der Waals surface area contributed by atoms with Gasteiger partial charge in [0, 0.05) is 26.2 Å². The maximum atomic E-state index is 12.9. The van der Waals surface area contributed by atoms with Crippen molar-refractivity contribution in [3.05, 3.63) is 24.3 Å². The molecule has 1 saturated heterocycles. The monoisotopic (exact) mass is 433 g/mol. The molecule has 3 N–H and O–H groups in total. The van der Waals surface area contributed by atoms with E-state index >= 15 is 0 Å². The van der Waals surface area contributed by atoms with E-state index in [2.05, 4.69) is 12.2 Å². The molecule has 1 aromatic carbocycles. The molecule has 9 heteroatoms. The Kier molecular flexibility index (Phi) is 10.8. The Morgan fingerprint density at radius 2 is 2.00 bits per heavy atom. The number of carbonyl (C=O) groups is 1. The van der Waals surface area contributed by atoms with Crippen LogP contribution in [0.15, 0.2) is 29.2 Å².